The van der Waals surface area contributed by atoms with Crippen LogP contribution in [0, 0.1) is 0 Å². The first kappa shape index (κ1) is 23.5. The molecule has 0 aromatic heterocycles. The van der Waals surface area contributed by atoms with E-state index >= 15 is 0 Å². The first-order chi connectivity index (χ1) is 14.3. The Labute approximate surface area is 180 Å². The normalized spacial score (nSPS) is 12.2. The molecule has 1 atom stereocenters. The average Bonchev–Trinajstić information content (AvgIpc) is 2.72. The number of carbonyl (C=O) groups excluding carboxylic acids is 2. The van der Waals surface area contributed by atoms with Gasteiger partial charge in [0, 0.05) is 13.1 Å². The lowest BCUT2D eigenvalue weighted by Crippen LogP contribution is -2.50. The Balaban J connectivity index is 2.23. The number of amides is 2. The summed E-state index contributed by atoms with van der Waals surface area (Å²) in [5, 5.41) is 2.85. The second-order valence-electron chi connectivity index (χ2n) is 8.36. The van der Waals surface area contributed by atoms with Gasteiger partial charge in [0.05, 0.1) is 0 Å². The highest BCUT2D eigenvalue weighted by atomic mass is 16.5. The van der Waals surface area contributed by atoms with E-state index in [1.54, 1.807) is 4.90 Å². The predicted octanol–water partition coefficient (Wildman–Crippen LogP) is 4.31. The highest BCUT2D eigenvalue weighted by molar-refractivity contribution is 5.88. The fourth-order valence-electron chi connectivity index (χ4n) is 3.43. The van der Waals surface area contributed by atoms with Gasteiger partial charge in [-0.1, -0.05) is 76.2 Å². The van der Waals surface area contributed by atoms with Gasteiger partial charge in [0.15, 0.2) is 6.61 Å². The topological polar surface area (TPSA) is 58.6 Å². The maximum Gasteiger partial charge on any atom is 0.261 e. The molecule has 0 aliphatic heterocycles. The molecule has 0 heterocycles. The first-order valence-electron chi connectivity index (χ1n) is 10.6. The maximum atomic E-state index is 13.2. The van der Waals surface area contributed by atoms with Gasteiger partial charge in [-0.3, -0.25) is 9.59 Å². The highest BCUT2D eigenvalue weighted by Gasteiger charge is 2.29. The largest absolute Gasteiger partial charge is 0.483 e. The van der Waals surface area contributed by atoms with E-state index in [0.29, 0.717) is 25.3 Å². The van der Waals surface area contributed by atoms with Crippen LogP contribution in [0.2, 0.25) is 0 Å². The summed E-state index contributed by atoms with van der Waals surface area (Å²) in [4.78, 5) is 27.5. The molecule has 2 aromatic rings. The summed E-state index contributed by atoms with van der Waals surface area (Å²) in [6.45, 7) is 10.9. The number of ether oxygens (including phenoxy) is 1. The Morgan fingerprint density at radius 1 is 1.00 bits per heavy atom. The van der Waals surface area contributed by atoms with Gasteiger partial charge in [-0.25, -0.2) is 0 Å². The molecule has 0 saturated heterocycles. The van der Waals surface area contributed by atoms with Crippen LogP contribution in [-0.4, -0.2) is 35.9 Å². The van der Waals surface area contributed by atoms with Gasteiger partial charge in [-0.05, 0) is 36.0 Å². The zero-order valence-corrected chi connectivity index (χ0v) is 18.8. The summed E-state index contributed by atoms with van der Waals surface area (Å²) in [7, 11) is 0. The lowest BCUT2D eigenvalue weighted by Gasteiger charge is -2.31. The van der Waals surface area contributed by atoms with Gasteiger partial charge >= 0.3 is 0 Å². The van der Waals surface area contributed by atoms with E-state index in [0.717, 1.165) is 11.1 Å². The molecule has 0 aliphatic rings. The van der Waals surface area contributed by atoms with E-state index in [9.17, 15) is 9.59 Å². The van der Waals surface area contributed by atoms with E-state index in [-0.39, 0.29) is 23.8 Å². The van der Waals surface area contributed by atoms with Crippen LogP contribution in [0.4, 0.5) is 0 Å². The van der Waals surface area contributed by atoms with Gasteiger partial charge in [0.1, 0.15) is 11.8 Å². The number of hydrogen-bond donors (Lipinski definition) is 1. The number of para-hydroxylation sites is 1. The summed E-state index contributed by atoms with van der Waals surface area (Å²) in [6.07, 6.45) is 0.531. The fourth-order valence-corrected chi connectivity index (χ4v) is 3.43. The van der Waals surface area contributed by atoms with Gasteiger partial charge in [-0.2, -0.15) is 0 Å². The number of rotatable bonds is 9. The third-order valence-electron chi connectivity index (χ3n) is 4.98. The Bertz CT molecular complexity index is 828. The standard InChI is InChI=1S/C25H34N2O3/c1-6-21(24(29)26-7-2)27(17-19-13-9-8-10-14-19)23(28)18-30-22-16-12-11-15-20(22)25(3,4)5/h8-16,21H,6-7,17-18H2,1-5H3,(H,26,29). The Morgan fingerprint density at radius 3 is 2.23 bits per heavy atom. The summed E-state index contributed by atoms with van der Waals surface area (Å²) in [5.41, 5.74) is 1.92. The van der Waals surface area contributed by atoms with Crippen LogP contribution in [0.25, 0.3) is 0 Å². The van der Waals surface area contributed by atoms with Crippen LogP contribution in [0.15, 0.2) is 54.6 Å². The molecule has 2 amide bonds. The molecule has 2 aromatic carbocycles. The average molecular weight is 411 g/mol. The SMILES string of the molecule is CCNC(=O)C(CC)N(Cc1ccccc1)C(=O)COc1ccccc1C(C)(C)C. The molecule has 0 radical (unpaired) electrons. The van der Waals surface area contributed by atoms with Crippen LogP contribution in [0.3, 0.4) is 0 Å². The molecular formula is C25H34N2O3. The minimum Gasteiger partial charge on any atom is -0.483 e. The summed E-state index contributed by atoms with van der Waals surface area (Å²) < 4.78 is 5.96. The van der Waals surface area contributed by atoms with Crippen molar-refractivity contribution in [2.45, 2.75) is 59.0 Å². The van der Waals surface area contributed by atoms with Crippen molar-refractivity contribution in [3.05, 3.63) is 65.7 Å². The molecule has 5 nitrogen and oxygen atoms in total. The fraction of sp³-hybridized carbons (Fsp3) is 0.440. The zero-order valence-electron chi connectivity index (χ0n) is 18.8. The minimum absolute atomic E-state index is 0.101. The van der Waals surface area contributed by atoms with Crippen molar-refractivity contribution in [3.8, 4) is 5.75 Å². The molecule has 0 spiro atoms. The maximum absolute atomic E-state index is 13.2. The van der Waals surface area contributed by atoms with Crippen molar-refractivity contribution < 1.29 is 14.3 Å². The van der Waals surface area contributed by atoms with Crippen LogP contribution in [0.5, 0.6) is 5.75 Å². The number of hydrogen-bond acceptors (Lipinski definition) is 3. The van der Waals surface area contributed by atoms with Gasteiger partial charge in [-0.15, -0.1) is 0 Å². The number of benzene rings is 2. The van der Waals surface area contributed by atoms with E-state index < -0.39 is 6.04 Å². The lowest BCUT2D eigenvalue weighted by atomic mass is 9.86. The number of nitrogens with one attached hydrogen (secondary N) is 1. The van der Waals surface area contributed by atoms with E-state index in [4.69, 9.17) is 4.74 Å². The van der Waals surface area contributed by atoms with Crippen LogP contribution < -0.4 is 10.1 Å². The molecule has 0 bridgehead atoms. The monoisotopic (exact) mass is 410 g/mol. The second kappa shape index (κ2) is 10.8. The molecular weight excluding hydrogens is 376 g/mol. The molecule has 30 heavy (non-hydrogen) atoms. The van der Waals surface area contributed by atoms with E-state index in [1.165, 1.54) is 0 Å². The zero-order chi connectivity index (χ0) is 22.1. The van der Waals surface area contributed by atoms with Crippen LogP contribution in [-0.2, 0) is 21.5 Å². The molecule has 1 unspecified atom stereocenters. The smallest absolute Gasteiger partial charge is 0.261 e. The van der Waals surface area contributed by atoms with Crippen molar-refractivity contribution in [2.24, 2.45) is 0 Å². The van der Waals surface area contributed by atoms with Crippen molar-refractivity contribution in [1.29, 1.82) is 0 Å². The molecule has 2 rings (SSSR count). The van der Waals surface area contributed by atoms with Crippen molar-refractivity contribution >= 4 is 11.8 Å². The first-order valence-corrected chi connectivity index (χ1v) is 10.6. The molecule has 5 heteroatoms. The summed E-state index contributed by atoms with van der Waals surface area (Å²) in [5.74, 6) is 0.351. The predicted molar refractivity (Wildman–Crippen MR) is 120 cm³/mol. The van der Waals surface area contributed by atoms with Crippen LogP contribution >= 0.6 is 0 Å². The van der Waals surface area contributed by atoms with Crippen molar-refractivity contribution in [1.82, 2.24) is 10.2 Å². The van der Waals surface area contributed by atoms with Crippen molar-refractivity contribution in [2.75, 3.05) is 13.2 Å². The van der Waals surface area contributed by atoms with Gasteiger partial charge in [0.2, 0.25) is 5.91 Å². The van der Waals surface area contributed by atoms with Gasteiger partial charge in [0.25, 0.3) is 5.91 Å². The number of nitrogens with zero attached hydrogens (tertiary/aromatic N) is 1. The Hall–Kier alpha value is -2.82. The third kappa shape index (κ3) is 6.34. The second-order valence-corrected chi connectivity index (χ2v) is 8.36. The summed E-state index contributed by atoms with van der Waals surface area (Å²) >= 11 is 0. The summed E-state index contributed by atoms with van der Waals surface area (Å²) in [6, 6.07) is 17.0. The number of carbonyl (C=O) groups is 2. The van der Waals surface area contributed by atoms with Crippen molar-refractivity contribution in [3.63, 3.8) is 0 Å². The van der Waals surface area contributed by atoms with Crippen LogP contribution in [0.1, 0.15) is 52.2 Å². The lowest BCUT2D eigenvalue weighted by molar-refractivity contribution is -0.142. The minimum atomic E-state index is -0.542. The molecule has 1 N–H and O–H groups in total. The molecule has 162 valence electrons. The van der Waals surface area contributed by atoms with E-state index in [2.05, 4.69) is 26.1 Å². The van der Waals surface area contributed by atoms with Gasteiger partial charge < -0.3 is 15.0 Å². The molecule has 0 fully saturated rings. The number of likely N-dealkylation sites (N-methyl/N-ethyl adjacent to an activating group) is 1. The third-order valence-corrected chi connectivity index (χ3v) is 4.98. The Kier molecular flexibility index (Phi) is 8.46. The molecule has 0 saturated carbocycles. The van der Waals surface area contributed by atoms with E-state index in [1.807, 2.05) is 68.4 Å². The molecule has 0 aliphatic carbocycles. The Morgan fingerprint density at radius 2 is 1.63 bits per heavy atom. The quantitative estimate of drug-likeness (QED) is 0.670. The highest BCUT2D eigenvalue weighted by Crippen LogP contribution is 2.31.